The number of ether oxygens (including phenoxy) is 1. The molecule has 0 aliphatic rings. The fourth-order valence-electron chi connectivity index (χ4n) is 2.85. The van der Waals surface area contributed by atoms with Gasteiger partial charge in [-0.2, -0.15) is 0 Å². The van der Waals surface area contributed by atoms with E-state index >= 15 is 0 Å². The van der Waals surface area contributed by atoms with Crippen molar-refractivity contribution in [3.63, 3.8) is 0 Å². The molecule has 2 amide bonds. The topological polar surface area (TPSA) is 105 Å². The minimum Gasteiger partial charge on any atom is -0.497 e. The van der Waals surface area contributed by atoms with E-state index in [0.29, 0.717) is 16.9 Å². The third kappa shape index (κ3) is 6.07. The van der Waals surface area contributed by atoms with E-state index in [1.807, 2.05) is 13.8 Å². The van der Waals surface area contributed by atoms with Crippen LogP contribution in [0.4, 0.5) is 0 Å². The predicted molar refractivity (Wildman–Crippen MR) is 109 cm³/mol. The summed E-state index contributed by atoms with van der Waals surface area (Å²) in [5.41, 5.74) is 1.00. The Labute approximate surface area is 170 Å². The van der Waals surface area contributed by atoms with E-state index in [0.717, 1.165) is 0 Å². The molecule has 2 aromatic rings. The number of benzene rings is 2. The third-order valence-corrected chi connectivity index (χ3v) is 4.57. The van der Waals surface area contributed by atoms with Crippen LogP contribution in [0.25, 0.3) is 0 Å². The van der Waals surface area contributed by atoms with Crippen molar-refractivity contribution in [3.05, 3.63) is 65.7 Å². The predicted octanol–water partition coefficient (Wildman–Crippen LogP) is 2.43. The fourth-order valence-corrected chi connectivity index (χ4v) is 2.85. The highest BCUT2D eigenvalue weighted by Gasteiger charge is 2.27. The molecule has 0 bridgehead atoms. The van der Waals surface area contributed by atoms with Gasteiger partial charge in [-0.3, -0.25) is 14.4 Å². The Kier molecular flexibility index (Phi) is 7.77. The van der Waals surface area contributed by atoms with Crippen molar-refractivity contribution in [1.29, 1.82) is 0 Å². The van der Waals surface area contributed by atoms with Gasteiger partial charge >= 0.3 is 5.97 Å². The summed E-state index contributed by atoms with van der Waals surface area (Å²) in [4.78, 5) is 36.8. The van der Waals surface area contributed by atoms with Gasteiger partial charge in [0.2, 0.25) is 5.91 Å². The average molecular weight is 398 g/mol. The zero-order chi connectivity index (χ0) is 21.4. The largest absolute Gasteiger partial charge is 0.497 e. The maximum atomic E-state index is 12.7. The Bertz CT molecular complexity index is 834. The summed E-state index contributed by atoms with van der Waals surface area (Å²) >= 11 is 0. The molecule has 154 valence electrons. The van der Waals surface area contributed by atoms with Crippen molar-refractivity contribution in [2.45, 2.75) is 25.8 Å². The van der Waals surface area contributed by atoms with E-state index in [4.69, 9.17) is 4.74 Å². The van der Waals surface area contributed by atoms with E-state index in [2.05, 4.69) is 10.6 Å². The van der Waals surface area contributed by atoms with Gasteiger partial charge in [0.05, 0.1) is 13.0 Å². The molecular weight excluding hydrogens is 372 g/mol. The highest BCUT2D eigenvalue weighted by atomic mass is 16.5. The van der Waals surface area contributed by atoms with Crippen LogP contribution < -0.4 is 15.4 Å². The molecule has 0 saturated carbocycles. The number of nitrogens with one attached hydrogen (secondary N) is 2. The highest BCUT2D eigenvalue weighted by molar-refractivity contribution is 5.97. The van der Waals surface area contributed by atoms with Gasteiger partial charge in [-0.05, 0) is 35.7 Å². The summed E-state index contributed by atoms with van der Waals surface area (Å²) in [6.45, 7) is 3.55. The van der Waals surface area contributed by atoms with E-state index in [1.165, 1.54) is 7.11 Å². The van der Waals surface area contributed by atoms with E-state index in [1.54, 1.807) is 54.6 Å². The lowest BCUT2D eigenvalue weighted by atomic mass is 9.98. The van der Waals surface area contributed by atoms with Gasteiger partial charge in [-0.25, -0.2) is 0 Å². The second-order valence-corrected chi connectivity index (χ2v) is 6.97. The second kappa shape index (κ2) is 10.3. The number of aliphatic carboxylic acids is 1. The van der Waals surface area contributed by atoms with E-state index < -0.39 is 23.8 Å². The van der Waals surface area contributed by atoms with Crippen LogP contribution in [0.2, 0.25) is 0 Å². The smallest absolute Gasteiger partial charge is 0.312 e. The van der Waals surface area contributed by atoms with E-state index in [-0.39, 0.29) is 18.4 Å². The standard InChI is InChI=1S/C22H26N2O5/c1-14(2)19(24-20(25)16-9-11-17(29-3)12-10-16)21(26)23-13-18(22(27)28)15-7-5-4-6-8-15/h4-12,14,18-19H,13H2,1-3H3,(H,23,26)(H,24,25)(H,27,28). The van der Waals surface area contributed by atoms with Gasteiger partial charge in [0.1, 0.15) is 11.8 Å². The Morgan fingerprint density at radius 1 is 1.00 bits per heavy atom. The number of amides is 2. The summed E-state index contributed by atoms with van der Waals surface area (Å²) in [5.74, 6) is -2.27. The molecule has 0 saturated heterocycles. The van der Waals surface area contributed by atoms with Crippen molar-refractivity contribution in [3.8, 4) is 5.75 Å². The van der Waals surface area contributed by atoms with Crippen molar-refractivity contribution in [1.82, 2.24) is 10.6 Å². The molecule has 2 rings (SSSR count). The first kappa shape index (κ1) is 21.9. The molecule has 7 nitrogen and oxygen atoms in total. The number of rotatable bonds is 9. The Morgan fingerprint density at radius 3 is 2.14 bits per heavy atom. The molecule has 0 radical (unpaired) electrons. The van der Waals surface area contributed by atoms with Crippen LogP contribution in [0.15, 0.2) is 54.6 Å². The number of carbonyl (C=O) groups is 3. The zero-order valence-electron chi connectivity index (χ0n) is 16.7. The molecule has 0 aromatic heterocycles. The third-order valence-electron chi connectivity index (χ3n) is 4.57. The van der Waals surface area contributed by atoms with Crippen LogP contribution in [0.3, 0.4) is 0 Å². The minimum atomic E-state index is -1.03. The fraction of sp³-hybridized carbons (Fsp3) is 0.318. The second-order valence-electron chi connectivity index (χ2n) is 6.97. The lowest BCUT2D eigenvalue weighted by Crippen LogP contribution is -2.50. The van der Waals surface area contributed by atoms with Gasteiger partial charge in [0.15, 0.2) is 0 Å². The molecule has 29 heavy (non-hydrogen) atoms. The van der Waals surface area contributed by atoms with Gasteiger partial charge < -0.3 is 20.5 Å². The Balaban J connectivity index is 2.04. The van der Waals surface area contributed by atoms with Gasteiger partial charge in [-0.1, -0.05) is 44.2 Å². The van der Waals surface area contributed by atoms with Crippen LogP contribution in [-0.4, -0.2) is 42.6 Å². The molecule has 0 aliphatic carbocycles. The SMILES string of the molecule is COc1ccc(C(=O)NC(C(=O)NCC(C(=O)O)c2ccccc2)C(C)C)cc1. The lowest BCUT2D eigenvalue weighted by Gasteiger charge is -2.23. The number of carboxylic acid groups (broad SMARTS) is 1. The molecule has 0 aliphatic heterocycles. The summed E-state index contributed by atoms with van der Waals surface area (Å²) < 4.78 is 5.07. The number of hydrogen-bond acceptors (Lipinski definition) is 4. The number of carboxylic acids is 1. The van der Waals surface area contributed by atoms with Crippen molar-refractivity contribution in [2.75, 3.05) is 13.7 Å². The molecule has 3 N–H and O–H groups in total. The van der Waals surface area contributed by atoms with Gasteiger partial charge in [0, 0.05) is 12.1 Å². The monoisotopic (exact) mass is 398 g/mol. The first-order chi connectivity index (χ1) is 13.8. The Morgan fingerprint density at radius 2 is 1.62 bits per heavy atom. The zero-order valence-corrected chi connectivity index (χ0v) is 16.7. The molecule has 7 heteroatoms. The van der Waals surface area contributed by atoms with Crippen LogP contribution >= 0.6 is 0 Å². The first-order valence-electron chi connectivity index (χ1n) is 9.33. The molecule has 0 fully saturated rings. The normalized spacial score (nSPS) is 12.7. The molecule has 0 spiro atoms. The van der Waals surface area contributed by atoms with E-state index in [9.17, 15) is 19.5 Å². The molecule has 2 aromatic carbocycles. The number of hydrogen-bond donors (Lipinski definition) is 3. The van der Waals surface area contributed by atoms with Crippen LogP contribution in [0.1, 0.15) is 35.7 Å². The van der Waals surface area contributed by atoms with Crippen molar-refractivity contribution < 1.29 is 24.2 Å². The Hall–Kier alpha value is -3.35. The highest BCUT2D eigenvalue weighted by Crippen LogP contribution is 2.15. The minimum absolute atomic E-state index is 0.0696. The van der Waals surface area contributed by atoms with Crippen LogP contribution in [0, 0.1) is 5.92 Å². The summed E-state index contributed by atoms with van der Waals surface area (Å²) in [6, 6.07) is 14.5. The number of methoxy groups -OCH3 is 1. The number of carbonyl (C=O) groups excluding carboxylic acids is 2. The van der Waals surface area contributed by atoms with Crippen molar-refractivity contribution in [2.24, 2.45) is 5.92 Å². The molecule has 0 heterocycles. The van der Waals surface area contributed by atoms with Gasteiger partial charge in [0.25, 0.3) is 5.91 Å². The maximum absolute atomic E-state index is 12.7. The molecular formula is C22H26N2O5. The van der Waals surface area contributed by atoms with Gasteiger partial charge in [-0.15, -0.1) is 0 Å². The van der Waals surface area contributed by atoms with Crippen LogP contribution in [0.5, 0.6) is 5.75 Å². The van der Waals surface area contributed by atoms with Crippen LogP contribution in [-0.2, 0) is 9.59 Å². The lowest BCUT2D eigenvalue weighted by molar-refractivity contribution is -0.138. The quantitative estimate of drug-likeness (QED) is 0.602. The maximum Gasteiger partial charge on any atom is 0.312 e. The summed E-state index contributed by atoms with van der Waals surface area (Å²) in [6.07, 6.45) is 0. The molecule has 2 atom stereocenters. The molecule has 2 unspecified atom stereocenters. The van der Waals surface area contributed by atoms with Crippen molar-refractivity contribution >= 4 is 17.8 Å². The summed E-state index contributed by atoms with van der Waals surface area (Å²) in [5, 5.41) is 14.9. The average Bonchev–Trinajstić information content (AvgIpc) is 2.72. The first-order valence-corrected chi connectivity index (χ1v) is 9.33. The summed E-state index contributed by atoms with van der Waals surface area (Å²) in [7, 11) is 1.54.